The second-order valence-electron chi connectivity index (χ2n) is 26.3. The number of unbranched alkanes of at least 4 members (excludes halogenated alkanes) is 3. The SMILES string of the molecule is CC#Cc1ccc2c(c1)C1(N=C(N)N(C)O1)C1(CCC(OC)CC1)C2.CC#[C][Sn]([CH2]CCC)([CH2]CCC)[CH2]CCC.COC1CCC2(CC1)Cc1ccc(Br)cc1C21N=C(C)N(C)O1.COC1CCC2(CC1)Cc1ccc(Br)cc1C21N=C(N)N(C)O1. The summed E-state index contributed by atoms with van der Waals surface area (Å²) in [6, 6.07) is 19.4. The largest absolute Gasteiger partial charge is 0.381 e. The fourth-order valence-corrected chi connectivity index (χ4v) is 30.5. The van der Waals surface area contributed by atoms with Crippen LogP contribution in [0.2, 0.25) is 13.3 Å². The Morgan fingerprint density at radius 2 is 0.897 bits per heavy atom. The van der Waals surface area contributed by atoms with Crippen molar-refractivity contribution in [3.63, 3.8) is 0 Å². The molecule has 87 heavy (non-hydrogen) atoms. The molecule has 6 aliphatic carbocycles. The Balaban J connectivity index is 0.000000140. The summed E-state index contributed by atoms with van der Waals surface area (Å²) in [5.74, 6) is 11.2. The number of halogens is 2. The van der Waals surface area contributed by atoms with Gasteiger partial charge in [0.05, 0.1) is 18.3 Å². The van der Waals surface area contributed by atoms with E-state index in [9.17, 15) is 0 Å². The Morgan fingerprint density at radius 1 is 0.540 bits per heavy atom. The van der Waals surface area contributed by atoms with E-state index in [1.165, 1.54) is 74.1 Å². The number of fused-ring (bicyclic) bond motifs is 9. The monoisotopic (exact) mass is 1430 g/mol. The summed E-state index contributed by atoms with van der Waals surface area (Å²) in [7, 11) is 11.0. The average molecular weight is 1430 g/mol. The van der Waals surface area contributed by atoms with Gasteiger partial charge in [0.1, 0.15) is 5.84 Å². The molecule has 0 amide bonds. The van der Waals surface area contributed by atoms with Crippen LogP contribution in [-0.2, 0) is 65.2 Å². The van der Waals surface area contributed by atoms with Gasteiger partial charge in [-0.15, -0.1) is 5.92 Å². The Hall–Kier alpha value is -3.69. The van der Waals surface area contributed by atoms with Crippen LogP contribution in [0.1, 0.15) is 196 Å². The zero-order valence-corrected chi connectivity index (χ0v) is 60.5. The van der Waals surface area contributed by atoms with Crippen LogP contribution in [-0.4, -0.2) is 112 Å². The van der Waals surface area contributed by atoms with Crippen molar-refractivity contribution in [1.82, 2.24) is 15.2 Å². The quantitative estimate of drug-likeness (QED) is 0.132. The fourth-order valence-electron chi connectivity index (χ4n) is 16.2. The van der Waals surface area contributed by atoms with Crippen LogP contribution in [0.25, 0.3) is 0 Å². The fraction of sp³-hybridized carbons (Fsp3) is 0.643. The molecule has 0 aromatic heterocycles. The van der Waals surface area contributed by atoms with Crippen molar-refractivity contribution in [2.45, 2.75) is 225 Å². The minimum atomic E-state index is -2.02. The van der Waals surface area contributed by atoms with E-state index in [2.05, 4.69) is 136 Å². The molecule has 6 spiro atoms. The zero-order valence-electron chi connectivity index (χ0n) is 54.4. The number of aliphatic imine (C=N–C) groups is 3. The number of ether oxygens (including phenoxy) is 3. The van der Waals surface area contributed by atoms with Gasteiger partial charge in [-0.3, -0.25) is 0 Å². The normalized spacial score (nSPS) is 30.6. The number of hydrogen-bond acceptors (Lipinski definition) is 14. The van der Waals surface area contributed by atoms with Gasteiger partial charge in [-0.2, -0.15) is 0 Å². The first-order chi connectivity index (χ1) is 41.8. The van der Waals surface area contributed by atoms with Crippen molar-refractivity contribution in [3.05, 3.63) is 102 Å². The number of benzene rings is 3. The Morgan fingerprint density at radius 3 is 1.21 bits per heavy atom. The topological polar surface area (TPSA) is 154 Å². The van der Waals surface area contributed by atoms with E-state index >= 15 is 0 Å². The van der Waals surface area contributed by atoms with Gasteiger partial charge in [-0.25, -0.2) is 44.7 Å². The summed E-state index contributed by atoms with van der Waals surface area (Å²) in [6.45, 7) is 12.9. The number of nitrogens with zero attached hydrogens (tertiary/aromatic N) is 6. The van der Waals surface area contributed by atoms with E-state index in [-0.39, 0.29) is 16.2 Å². The summed E-state index contributed by atoms with van der Waals surface area (Å²) in [6.07, 6.45) is 24.9. The van der Waals surface area contributed by atoms with Gasteiger partial charge in [0.2, 0.25) is 29.1 Å². The second-order valence-corrected chi connectivity index (χ2v) is 40.4. The maximum absolute atomic E-state index is 6.43. The van der Waals surface area contributed by atoms with Gasteiger partial charge in [-0.1, -0.05) is 56.0 Å². The zero-order chi connectivity index (χ0) is 62.4. The molecule has 3 aromatic rings. The molecule has 3 fully saturated rings. The first-order valence-corrected chi connectivity index (χ1v) is 41.6. The third-order valence-electron chi connectivity index (χ3n) is 21.2. The van der Waals surface area contributed by atoms with E-state index in [0.717, 1.165) is 128 Å². The molecule has 12 rings (SSSR count). The summed E-state index contributed by atoms with van der Waals surface area (Å²) >= 11 is 5.19. The minimum absolute atomic E-state index is 0.0389. The molecule has 17 heteroatoms. The van der Waals surface area contributed by atoms with Crippen LogP contribution < -0.4 is 11.5 Å². The Bertz CT molecular complexity index is 2990. The third-order valence-corrected chi connectivity index (χ3v) is 35.7. The molecule has 3 unspecified atom stereocenters. The number of hydrogen-bond donors (Lipinski definition) is 2. The molecular formula is C70H100Br2N8O6Sn. The van der Waals surface area contributed by atoms with E-state index < -0.39 is 35.6 Å². The third kappa shape index (κ3) is 13.1. The molecule has 0 radical (unpaired) electrons. The van der Waals surface area contributed by atoms with Gasteiger partial charge in [-0.05, 0) is 163 Å². The Labute approximate surface area is 542 Å². The first-order valence-electron chi connectivity index (χ1n) is 32.5. The van der Waals surface area contributed by atoms with Crippen LogP contribution >= 0.6 is 31.9 Å². The molecule has 4 N–H and O–H groups in total. The first kappa shape index (κ1) is 67.7. The van der Waals surface area contributed by atoms with Gasteiger partial charge < -0.3 is 25.7 Å². The van der Waals surface area contributed by atoms with Gasteiger partial charge >= 0.3 is 108 Å². The molecule has 3 heterocycles. The molecule has 3 aliphatic heterocycles. The maximum Gasteiger partial charge on any atom is 0.220 e. The number of guanidine groups is 2. The van der Waals surface area contributed by atoms with Crippen molar-refractivity contribution in [3.8, 4) is 21.7 Å². The van der Waals surface area contributed by atoms with E-state index in [1.54, 1.807) is 24.3 Å². The minimum Gasteiger partial charge on any atom is -0.381 e. The Kier molecular flexibility index (Phi) is 22.1. The van der Waals surface area contributed by atoms with Gasteiger partial charge in [0, 0.05) is 89.9 Å². The van der Waals surface area contributed by atoms with E-state index in [1.807, 2.05) is 47.2 Å². The number of hydroxylamine groups is 6. The molecule has 474 valence electrons. The van der Waals surface area contributed by atoms with Crippen molar-refractivity contribution in [1.29, 1.82) is 0 Å². The molecule has 0 bridgehead atoms. The van der Waals surface area contributed by atoms with E-state index in [0.29, 0.717) is 30.2 Å². The molecule has 0 saturated heterocycles. The summed E-state index contributed by atoms with van der Waals surface area (Å²) in [4.78, 5) is 33.9. The van der Waals surface area contributed by atoms with Crippen molar-refractivity contribution in [2.24, 2.45) is 42.7 Å². The van der Waals surface area contributed by atoms with Crippen molar-refractivity contribution in [2.75, 3.05) is 42.5 Å². The van der Waals surface area contributed by atoms with Gasteiger partial charge in [0.25, 0.3) is 0 Å². The summed E-state index contributed by atoms with van der Waals surface area (Å²) < 4.78 is 27.2. The van der Waals surface area contributed by atoms with Crippen molar-refractivity contribution < 1.29 is 28.7 Å². The maximum atomic E-state index is 6.43. The second kappa shape index (κ2) is 28.4. The number of methoxy groups -OCH3 is 3. The molecular weight excluding hydrogens is 1330 g/mol. The van der Waals surface area contributed by atoms with Crippen LogP contribution in [0.5, 0.6) is 0 Å². The number of nitrogens with two attached hydrogens (primary N) is 2. The van der Waals surface area contributed by atoms with Crippen LogP contribution in [0.3, 0.4) is 0 Å². The molecule has 3 atom stereocenters. The number of amidine groups is 1. The van der Waals surface area contributed by atoms with Crippen LogP contribution in [0.4, 0.5) is 0 Å². The molecule has 3 aromatic carbocycles. The van der Waals surface area contributed by atoms with Crippen LogP contribution in [0, 0.1) is 37.9 Å². The summed E-state index contributed by atoms with van der Waals surface area (Å²) in [5.41, 5.74) is 18.6. The standard InChI is InChI=1S/C20H25N3O2.C18H23BrN2O2.C17H22BrN3O2.3C4H9.C3H3.Sn/c1-4-5-14-6-7-15-13-19(10-8-16(24-3)9-11-19)20(17(15)12-14)22-18(21)23(2)25-20;1-12-20-18(23-21(12)2)16-10-14(19)5-4-13(16)11-17(18)8-6-15(22-3)7-9-17;1-21-15(19)20-17(23-21)14-9-12(18)4-3-11(14)10-16(17)7-5-13(22-2)6-8-16;3*1-3-4-2;1-3-2;/h6-7,12,16H,8-11,13H2,1-3H3,(H2,21,22);4-5,10,15H,6-9,11H2,1-3H3;3-4,9,13H,5-8,10H2,1-2H3,(H2,19,20);3*1,3-4H2,2H3;1H3;. The average Bonchev–Trinajstić information content (AvgIpc) is 1.57. The molecule has 3 saturated carbocycles. The molecule has 9 aliphatic rings. The number of rotatable bonds is 12. The predicted molar refractivity (Wildman–Crippen MR) is 360 cm³/mol. The smallest absolute Gasteiger partial charge is 0.220 e. The van der Waals surface area contributed by atoms with Crippen molar-refractivity contribution >= 4 is 68.0 Å². The summed E-state index contributed by atoms with van der Waals surface area (Å²) in [5, 5.41) is 5.05. The molecule has 14 nitrogen and oxygen atoms in total. The van der Waals surface area contributed by atoms with E-state index in [4.69, 9.17) is 55.2 Å². The predicted octanol–water partition coefficient (Wildman–Crippen LogP) is 14.9. The van der Waals surface area contributed by atoms with Crippen LogP contribution in [0.15, 0.2) is 78.5 Å². The van der Waals surface area contributed by atoms with Gasteiger partial charge in [0.15, 0.2) is 0 Å².